The van der Waals surface area contributed by atoms with Crippen molar-refractivity contribution in [2.24, 2.45) is 0 Å². The molecule has 0 saturated carbocycles. The minimum atomic E-state index is 0.0446. The van der Waals surface area contributed by atoms with E-state index in [2.05, 4.69) is 16.7 Å². The Bertz CT molecular complexity index is 608. The molecule has 0 saturated heterocycles. The summed E-state index contributed by atoms with van der Waals surface area (Å²) in [7, 11) is 0. The van der Waals surface area contributed by atoms with Crippen LogP contribution in [0.15, 0.2) is 48.5 Å². The highest BCUT2D eigenvalue weighted by atomic mass is 16.1. The Balaban J connectivity index is 1.73. The summed E-state index contributed by atoms with van der Waals surface area (Å²) in [5.74, 6) is 0.0446. The molecule has 0 bridgehead atoms. The highest BCUT2D eigenvalue weighted by Crippen LogP contribution is 2.23. The van der Waals surface area contributed by atoms with Crippen molar-refractivity contribution in [3.05, 3.63) is 65.2 Å². The molecule has 0 unspecified atom stereocenters. The fourth-order valence-electron chi connectivity index (χ4n) is 2.62. The van der Waals surface area contributed by atoms with E-state index in [9.17, 15) is 4.79 Å². The summed E-state index contributed by atoms with van der Waals surface area (Å²) in [4.78, 5) is 12.1. The molecule has 1 heterocycles. The van der Waals surface area contributed by atoms with Gasteiger partial charge >= 0.3 is 0 Å². The summed E-state index contributed by atoms with van der Waals surface area (Å²) in [6.45, 7) is 1.86. The monoisotopic (exact) mass is 266 g/mol. The fourth-order valence-corrected chi connectivity index (χ4v) is 2.62. The maximum absolute atomic E-state index is 12.1. The zero-order valence-electron chi connectivity index (χ0n) is 11.4. The highest BCUT2D eigenvalue weighted by Gasteiger charge is 2.14. The Morgan fingerprint density at radius 2 is 1.95 bits per heavy atom. The van der Waals surface area contributed by atoms with E-state index in [1.165, 1.54) is 11.1 Å². The minimum Gasteiger partial charge on any atom is -0.326 e. The predicted molar refractivity (Wildman–Crippen MR) is 80.6 cm³/mol. The van der Waals surface area contributed by atoms with E-state index < -0.39 is 0 Å². The number of anilines is 1. The van der Waals surface area contributed by atoms with Gasteiger partial charge in [0.15, 0.2) is 0 Å². The first kappa shape index (κ1) is 12.9. The Morgan fingerprint density at radius 1 is 1.10 bits per heavy atom. The van der Waals surface area contributed by atoms with Crippen molar-refractivity contribution in [2.75, 3.05) is 11.9 Å². The number of benzene rings is 2. The van der Waals surface area contributed by atoms with Crippen LogP contribution < -0.4 is 10.6 Å². The number of hydrogen-bond donors (Lipinski definition) is 2. The van der Waals surface area contributed by atoms with E-state index in [1.54, 1.807) is 0 Å². The minimum absolute atomic E-state index is 0.0446. The molecule has 1 aliphatic rings. The van der Waals surface area contributed by atoms with Gasteiger partial charge in [-0.3, -0.25) is 4.79 Å². The molecular weight excluding hydrogens is 248 g/mol. The van der Waals surface area contributed by atoms with Crippen molar-refractivity contribution in [1.82, 2.24) is 5.32 Å². The third-order valence-electron chi connectivity index (χ3n) is 3.62. The van der Waals surface area contributed by atoms with Gasteiger partial charge in [0.1, 0.15) is 0 Å². The van der Waals surface area contributed by atoms with Crippen LogP contribution in [-0.2, 0) is 24.2 Å². The second-order valence-corrected chi connectivity index (χ2v) is 5.08. The summed E-state index contributed by atoms with van der Waals surface area (Å²) in [6, 6.07) is 15.9. The second-order valence-electron chi connectivity index (χ2n) is 5.08. The number of carbonyl (C=O) groups is 1. The van der Waals surface area contributed by atoms with Gasteiger partial charge in [-0.05, 0) is 35.7 Å². The Kier molecular flexibility index (Phi) is 3.79. The third-order valence-corrected chi connectivity index (χ3v) is 3.62. The molecule has 0 fully saturated rings. The van der Waals surface area contributed by atoms with Crippen molar-refractivity contribution >= 4 is 11.6 Å². The van der Waals surface area contributed by atoms with Gasteiger partial charge in [-0.25, -0.2) is 0 Å². The van der Waals surface area contributed by atoms with E-state index in [0.29, 0.717) is 6.42 Å². The van der Waals surface area contributed by atoms with Crippen LogP contribution in [0.2, 0.25) is 0 Å². The van der Waals surface area contributed by atoms with Crippen molar-refractivity contribution < 1.29 is 4.79 Å². The van der Waals surface area contributed by atoms with Gasteiger partial charge in [0.05, 0.1) is 6.42 Å². The molecule has 102 valence electrons. The third kappa shape index (κ3) is 2.89. The van der Waals surface area contributed by atoms with Crippen LogP contribution in [0.4, 0.5) is 5.69 Å². The lowest BCUT2D eigenvalue weighted by Crippen LogP contribution is -2.25. The number of hydrogen-bond acceptors (Lipinski definition) is 2. The molecule has 2 aromatic rings. The van der Waals surface area contributed by atoms with Crippen LogP contribution in [-0.4, -0.2) is 12.5 Å². The first-order chi connectivity index (χ1) is 9.83. The molecule has 0 atom stereocenters. The molecule has 2 N–H and O–H groups in total. The number of rotatable bonds is 3. The molecule has 3 rings (SSSR count). The van der Waals surface area contributed by atoms with Crippen LogP contribution in [0.3, 0.4) is 0 Å². The van der Waals surface area contributed by atoms with Gasteiger partial charge in [0, 0.05) is 12.2 Å². The molecule has 1 aliphatic heterocycles. The molecular formula is C17H18N2O. The van der Waals surface area contributed by atoms with Crippen LogP contribution in [0.25, 0.3) is 0 Å². The second kappa shape index (κ2) is 5.88. The van der Waals surface area contributed by atoms with Gasteiger partial charge in [-0.15, -0.1) is 0 Å². The van der Waals surface area contributed by atoms with Crippen molar-refractivity contribution in [1.29, 1.82) is 0 Å². The van der Waals surface area contributed by atoms with Gasteiger partial charge in [-0.2, -0.15) is 0 Å². The first-order valence-corrected chi connectivity index (χ1v) is 6.98. The average molecular weight is 266 g/mol. The number of nitrogens with one attached hydrogen (secondary N) is 2. The lowest BCUT2D eigenvalue weighted by atomic mass is 9.99. The summed E-state index contributed by atoms with van der Waals surface area (Å²) in [5.41, 5.74) is 4.56. The summed E-state index contributed by atoms with van der Waals surface area (Å²) in [6.07, 6.45) is 1.39. The van der Waals surface area contributed by atoms with Gasteiger partial charge in [0.2, 0.25) is 5.91 Å². The van der Waals surface area contributed by atoms with E-state index in [4.69, 9.17) is 0 Å². The normalized spacial score (nSPS) is 13.6. The molecule has 3 nitrogen and oxygen atoms in total. The van der Waals surface area contributed by atoms with E-state index in [0.717, 1.165) is 30.8 Å². The molecule has 3 heteroatoms. The number of carbonyl (C=O) groups excluding carboxylic acids is 1. The van der Waals surface area contributed by atoms with E-state index >= 15 is 0 Å². The largest absolute Gasteiger partial charge is 0.326 e. The first-order valence-electron chi connectivity index (χ1n) is 6.98. The topological polar surface area (TPSA) is 41.1 Å². The van der Waals surface area contributed by atoms with Crippen LogP contribution in [0, 0.1) is 0 Å². The van der Waals surface area contributed by atoms with Crippen molar-refractivity contribution in [3.8, 4) is 0 Å². The van der Waals surface area contributed by atoms with Crippen molar-refractivity contribution in [2.45, 2.75) is 19.4 Å². The van der Waals surface area contributed by atoms with Crippen LogP contribution in [0.1, 0.15) is 16.7 Å². The lowest BCUT2D eigenvalue weighted by molar-refractivity contribution is -0.115. The molecule has 1 amide bonds. The molecule has 0 aromatic heterocycles. The number of fused-ring (bicyclic) bond motifs is 1. The van der Waals surface area contributed by atoms with Crippen molar-refractivity contribution in [3.63, 3.8) is 0 Å². The lowest BCUT2D eigenvalue weighted by Gasteiger charge is -2.20. The molecule has 0 aliphatic carbocycles. The summed E-state index contributed by atoms with van der Waals surface area (Å²) >= 11 is 0. The highest BCUT2D eigenvalue weighted by molar-refractivity contribution is 5.93. The smallest absolute Gasteiger partial charge is 0.228 e. The van der Waals surface area contributed by atoms with Gasteiger partial charge < -0.3 is 10.6 Å². The van der Waals surface area contributed by atoms with Crippen LogP contribution in [0.5, 0.6) is 0 Å². The van der Waals surface area contributed by atoms with E-state index in [1.807, 2.05) is 42.5 Å². The summed E-state index contributed by atoms with van der Waals surface area (Å²) in [5, 5.41) is 6.40. The van der Waals surface area contributed by atoms with Gasteiger partial charge in [0.25, 0.3) is 0 Å². The SMILES string of the molecule is O=C(Cc1ccccc1)Nc1cccc2c1CCNC2. The fraction of sp³-hybridized carbons (Fsp3) is 0.235. The number of amides is 1. The maximum Gasteiger partial charge on any atom is 0.228 e. The summed E-state index contributed by atoms with van der Waals surface area (Å²) < 4.78 is 0. The van der Waals surface area contributed by atoms with E-state index in [-0.39, 0.29) is 5.91 Å². The zero-order valence-corrected chi connectivity index (χ0v) is 11.4. The molecule has 20 heavy (non-hydrogen) atoms. The molecule has 0 spiro atoms. The molecule has 2 aromatic carbocycles. The zero-order chi connectivity index (χ0) is 13.8. The Hall–Kier alpha value is -2.13. The Labute approximate surface area is 119 Å². The standard InChI is InChI=1S/C17H18N2O/c20-17(11-13-5-2-1-3-6-13)19-16-8-4-7-14-12-18-10-9-15(14)16/h1-8,18H,9-12H2,(H,19,20). The predicted octanol–water partition coefficient (Wildman–Crippen LogP) is 2.51. The molecule has 0 radical (unpaired) electrons. The Morgan fingerprint density at radius 3 is 2.80 bits per heavy atom. The van der Waals surface area contributed by atoms with Crippen LogP contribution >= 0.6 is 0 Å². The maximum atomic E-state index is 12.1. The van der Waals surface area contributed by atoms with Gasteiger partial charge in [-0.1, -0.05) is 42.5 Å². The average Bonchev–Trinajstić information content (AvgIpc) is 2.48. The quantitative estimate of drug-likeness (QED) is 0.896.